The van der Waals surface area contributed by atoms with Gasteiger partial charge in [-0.2, -0.15) is 0 Å². The van der Waals surface area contributed by atoms with Crippen LogP contribution in [0.2, 0.25) is 10.0 Å². The lowest BCUT2D eigenvalue weighted by Crippen LogP contribution is -2.00. The smallest absolute Gasteiger partial charge is 0.288 e. The molecule has 2 rings (SSSR count). The quantitative estimate of drug-likeness (QED) is 0.667. The van der Waals surface area contributed by atoms with E-state index in [1.807, 2.05) is 12.1 Å². The van der Waals surface area contributed by atoms with Crippen molar-refractivity contribution in [1.82, 2.24) is 0 Å². The fourth-order valence-corrected chi connectivity index (χ4v) is 1.99. The summed E-state index contributed by atoms with van der Waals surface area (Å²) in [6, 6.07) is 12.0. The summed E-state index contributed by atoms with van der Waals surface area (Å²) in [5.41, 5.74) is 1.54. The molecule has 6 heteroatoms. The van der Waals surface area contributed by atoms with E-state index >= 15 is 0 Å². The Morgan fingerprint density at radius 2 is 1.95 bits per heavy atom. The third-order valence-corrected chi connectivity index (χ3v) is 3.08. The predicted molar refractivity (Wildman–Crippen MR) is 76.9 cm³/mol. The second-order valence-electron chi connectivity index (χ2n) is 3.91. The molecule has 0 radical (unpaired) electrons. The SMILES string of the molecule is O=[N+]([O-])c1cc(CNc2cccc(Cl)c2)ccc1Cl. The van der Waals surface area contributed by atoms with Crippen LogP contribution in [0.3, 0.4) is 0 Å². The molecule has 19 heavy (non-hydrogen) atoms. The Kier molecular flexibility index (Phi) is 4.24. The Balaban J connectivity index is 2.12. The van der Waals surface area contributed by atoms with Gasteiger partial charge >= 0.3 is 0 Å². The van der Waals surface area contributed by atoms with Crippen LogP contribution in [0.25, 0.3) is 0 Å². The van der Waals surface area contributed by atoms with Gasteiger partial charge in [0.05, 0.1) is 4.92 Å². The Hall–Kier alpha value is -1.78. The van der Waals surface area contributed by atoms with Gasteiger partial charge in [-0.25, -0.2) is 0 Å². The monoisotopic (exact) mass is 296 g/mol. The highest BCUT2D eigenvalue weighted by Gasteiger charge is 2.12. The van der Waals surface area contributed by atoms with Gasteiger partial charge in [0.1, 0.15) is 5.02 Å². The van der Waals surface area contributed by atoms with E-state index in [2.05, 4.69) is 5.32 Å². The normalized spacial score (nSPS) is 10.2. The van der Waals surface area contributed by atoms with Crippen LogP contribution in [0, 0.1) is 10.1 Å². The van der Waals surface area contributed by atoms with E-state index < -0.39 is 4.92 Å². The van der Waals surface area contributed by atoms with Crippen LogP contribution in [0.5, 0.6) is 0 Å². The van der Waals surface area contributed by atoms with Gasteiger partial charge in [-0.15, -0.1) is 0 Å². The summed E-state index contributed by atoms with van der Waals surface area (Å²) in [5.74, 6) is 0. The lowest BCUT2D eigenvalue weighted by Gasteiger charge is -2.07. The number of rotatable bonds is 4. The molecule has 0 aromatic heterocycles. The molecule has 2 aromatic rings. The van der Waals surface area contributed by atoms with Crippen molar-refractivity contribution in [2.24, 2.45) is 0 Å². The van der Waals surface area contributed by atoms with Crippen molar-refractivity contribution >= 4 is 34.6 Å². The number of halogens is 2. The maximum absolute atomic E-state index is 10.8. The van der Waals surface area contributed by atoms with Gasteiger partial charge in [0.2, 0.25) is 0 Å². The van der Waals surface area contributed by atoms with E-state index in [-0.39, 0.29) is 10.7 Å². The summed E-state index contributed by atoms with van der Waals surface area (Å²) in [5, 5.41) is 14.7. The molecular formula is C13H10Cl2N2O2. The lowest BCUT2D eigenvalue weighted by atomic mass is 10.2. The van der Waals surface area contributed by atoms with Crippen molar-refractivity contribution in [3.63, 3.8) is 0 Å². The first kappa shape index (κ1) is 13.6. The van der Waals surface area contributed by atoms with Crippen LogP contribution in [-0.4, -0.2) is 4.92 Å². The van der Waals surface area contributed by atoms with Gasteiger partial charge < -0.3 is 5.32 Å². The first-order chi connectivity index (χ1) is 9.06. The predicted octanol–water partition coefficient (Wildman–Crippen LogP) is 4.51. The molecule has 0 unspecified atom stereocenters. The van der Waals surface area contributed by atoms with E-state index in [9.17, 15) is 10.1 Å². The summed E-state index contributed by atoms with van der Waals surface area (Å²) < 4.78 is 0. The lowest BCUT2D eigenvalue weighted by molar-refractivity contribution is -0.384. The Bertz CT molecular complexity index is 617. The minimum atomic E-state index is -0.495. The fraction of sp³-hybridized carbons (Fsp3) is 0.0769. The van der Waals surface area contributed by atoms with E-state index in [0.29, 0.717) is 11.6 Å². The first-order valence-corrected chi connectivity index (χ1v) is 6.24. The molecule has 0 spiro atoms. The molecule has 0 amide bonds. The molecular weight excluding hydrogens is 287 g/mol. The van der Waals surface area contributed by atoms with Crippen molar-refractivity contribution in [3.05, 3.63) is 68.2 Å². The van der Waals surface area contributed by atoms with Crippen LogP contribution in [0.15, 0.2) is 42.5 Å². The van der Waals surface area contributed by atoms with E-state index in [1.165, 1.54) is 12.1 Å². The van der Waals surface area contributed by atoms with Gasteiger partial charge in [-0.05, 0) is 29.8 Å². The molecule has 0 heterocycles. The van der Waals surface area contributed by atoms with Gasteiger partial charge in [-0.3, -0.25) is 10.1 Å². The van der Waals surface area contributed by atoms with Crippen LogP contribution < -0.4 is 5.32 Å². The first-order valence-electron chi connectivity index (χ1n) is 5.48. The fourth-order valence-electron chi connectivity index (χ4n) is 1.61. The third kappa shape index (κ3) is 3.59. The van der Waals surface area contributed by atoms with Crippen LogP contribution in [0.1, 0.15) is 5.56 Å². The molecule has 0 aliphatic carbocycles. The molecule has 98 valence electrons. The number of nitro groups is 1. The van der Waals surface area contributed by atoms with Gasteiger partial charge in [0, 0.05) is 23.3 Å². The molecule has 4 nitrogen and oxygen atoms in total. The molecule has 0 fully saturated rings. The van der Waals surface area contributed by atoms with Crippen LogP contribution >= 0.6 is 23.2 Å². The summed E-state index contributed by atoms with van der Waals surface area (Å²) in [4.78, 5) is 10.3. The number of nitrogens with zero attached hydrogens (tertiary/aromatic N) is 1. The zero-order valence-electron chi connectivity index (χ0n) is 9.77. The molecule has 0 saturated heterocycles. The average molecular weight is 297 g/mol. The van der Waals surface area contributed by atoms with Crippen LogP contribution in [0.4, 0.5) is 11.4 Å². The zero-order chi connectivity index (χ0) is 13.8. The largest absolute Gasteiger partial charge is 0.381 e. The highest BCUT2D eigenvalue weighted by Crippen LogP contribution is 2.25. The van der Waals surface area contributed by atoms with Crippen molar-refractivity contribution < 1.29 is 4.92 Å². The number of hydrogen-bond donors (Lipinski definition) is 1. The zero-order valence-corrected chi connectivity index (χ0v) is 11.3. The number of nitro benzene ring substituents is 1. The maximum Gasteiger partial charge on any atom is 0.288 e. The molecule has 1 N–H and O–H groups in total. The van der Waals surface area contributed by atoms with Crippen molar-refractivity contribution in [3.8, 4) is 0 Å². The van der Waals surface area contributed by atoms with Crippen molar-refractivity contribution in [2.45, 2.75) is 6.54 Å². The maximum atomic E-state index is 10.8. The number of hydrogen-bond acceptors (Lipinski definition) is 3. The van der Waals surface area contributed by atoms with Gasteiger partial charge in [-0.1, -0.05) is 35.3 Å². The molecule has 0 saturated carbocycles. The molecule has 0 aliphatic rings. The third-order valence-electron chi connectivity index (χ3n) is 2.53. The summed E-state index contributed by atoms with van der Waals surface area (Å²) in [7, 11) is 0. The average Bonchev–Trinajstić information content (AvgIpc) is 2.37. The van der Waals surface area contributed by atoms with Gasteiger partial charge in [0.15, 0.2) is 0 Å². The second kappa shape index (κ2) is 5.91. The van der Waals surface area contributed by atoms with Crippen molar-refractivity contribution in [2.75, 3.05) is 5.32 Å². The Morgan fingerprint density at radius 1 is 1.16 bits per heavy atom. The highest BCUT2D eigenvalue weighted by atomic mass is 35.5. The number of benzene rings is 2. The molecule has 2 aromatic carbocycles. The van der Waals surface area contributed by atoms with E-state index in [4.69, 9.17) is 23.2 Å². The van der Waals surface area contributed by atoms with E-state index in [0.717, 1.165) is 11.3 Å². The van der Waals surface area contributed by atoms with Crippen molar-refractivity contribution in [1.29, 1.82) is 0 Å². The Labute approximate surface area is 120 Å². The summed E-state index contributed by atoms with van der Waals surface area (Å²) in [6.07, 6.45) is 0. The second-order valence-corrected chi connectivity index (χ2v) is 4.75. The standard InChI is InChI=1S/C13H10Cl2N2O2/c14-10-2-1-3-11(7-10)16-8-9-4-5-12(15)13(6-9)17(18)19/h1-7,16H,8H2. The minimum Gasteiger partial charge on any atom is -0.381 e. The molecule has 0 bridgehead atoms. The Morgan fingerprint density at radius 3 is 2.63 bits per heavy atom. The van der Waals surface area contributed by atoms with E-state index in [1.54, 1.807) is 18.2 Å². The molecule has 0 atom stereocenters. The summed E-state index contributed by atoms with van der Waals surface area (Å²) >= 11 is 11.6. The van der Waals surface area contributed by atoms with Crippen LogP contribution in [-0.2, 0) is 6.54 Å². The number of nitrogens with one attached hydrogen (secondary N) is 1. The molecule has 0 aliphatic heterocycles. The topological polar surface area (TPSA) is 55.2 Å². The number of anilines is 1. The van der Waals surface area contributed by atoms with Gasteiger partial charge in [0.25, 0.3) is 5.69 Å². The summed E-state index contributed by atoms with van der Waals surface area (Å²) in [6.45, 7) is 0.457. The minimum absolute atomic E-state index is 0.0907. The highest BCUT2D eigenvalue weighted by molar-refractivity contribution is 6.32.